The van der Waals surface area contributed by atoms with Gasteiger partial charge in [0.25, 0.3) is 5.91 Å². The number of carbonyl (C=O) groups excluding carboxylic acids is 3. The molecule has 1 unspecified atom stereocenters. The molecule has 4 aliphatic heterocycles. The second-order valence-electron chi connectivity index (χ2n) is 10.4. The highest BCUT2D eigenvalue weighted by Crippen LogP contribution is 2.65. The Morgan fingerprint density at radius 2 is 1.92 bits per heavy atom. The number of carbonyl (C=O) groups is 3. The molecule has 198 valence electrons. The van der Waals surface area contributed by atoms with Crippen LogP contribution in [0.2, 0.25) is 5.02 Å². The van der Waals surface area contributed by atoms with Crippen LogP contribution in [0.25, 0.3) is 0 Å². The van der Waals surface area contributed by atoms with Crippen LogP contribution in [0.4, 0.5) is 5.69 Å². The Hall–Kier alpha value is -2.29. The standard InChI is InChI=1S/C28H33ClN2O5S/c1-18-10-8-11-19(29)22(18)30-15-9-13-28-20(21-26(35)36-17-7-4-12-27(21,2)37-28)24(33)31(23(28)25(30)34)14-5-3-6-16-32/h4,8-13,20-21,23,32H,3,5-7,14-17H2,1-2H3/t20-,21+,23?,27-,28-/m0/s1. The number of aliphatic hydroxyl groups is 1. The molecule has 2 saturated heterocycles. The molecule has 0 saturated carbocycles. The largest absolute Gasteiger partial charge is 0.465 e. The lowest BCUT2D eigenvalue weighted by Gasteiger charge is -2.37. The van der Waals surface area contributed by atoms with E-state index in [9.17, 15) is 19.5 Å². The molecular weight excluding hydrogens is 512 g/mol. The number of rotatable bonds is 6. The van der Waals surface area contributed by atoms with Crippen LogP contribution in [-0.2, 0) is 19.1 Å². The van der Waals surface area contributed by atoms with Gasteiger partial charge >= 0.3 is 5.97 Å². The van der Waals surface area contributed by atoms with Crippen molar-refractivity contribution in [3.63, 3.8) is 0 Å². The van der Waals surface area contributed by atoms with E-state index < -0.39 is 27.4 Å². The molecule has 0 radical (unpaired) electrons. The highest BCUT2D eigenvalue weighted by molar-refractivity contribution is 8.02. The van der Waals surface area contributed by atoms with E-state index in [1.807, 2.05) is 50.3 Å². The third kappa shape index (κ3) is 4.21. The smallest absolute Gasteiger partial charge is 0.311 e. The van der Waals surface area contributed by atoms with E-state index in [2.05, 4.69) is 0 Å². The topological polar surface area (TPSA) is 87.2 Å². The molecule has 4 aliphatic rings. The highest BCUT2D eigenvalue weighted by atomic mass is 35.5. The molecule has 0 aromatic heterocycles. The van der Waals surface area contributed by atoms with Gasteiger partial charge in [0, 0.05) is 24.4 Å². The number of halogens is 1. The maximum atomic E-state index is 14.5. The van der Waals surface area contributed by atoms with Gasteiger partial charge in [0.1, 0.15) is 6.04 Å². The molecule has 4 heterocycles. The number of aliphatic hydroxyl groups excluding tert-OH is 1. The molecule has 5 rings (SSSR count). The van der Waals surface area contributed by atoms with Gasteiger partial charge in [-0.3, -0.25) is 14.4 Å². The van der Waals surface area contributed by atoms with Crippen LogP contribution < -0.4 is 4.90 Å². The molecule has 1 spiro atoms. The number of nitrogens with zero attached hydrogens (tertiary/aromatic N) is 2. The Morgan fingerprint density at radius 3 is 2.68 bits per heavy atom. The number of ether oxygens (including phenoxy) is 1. The van der Waals surface area contributed by atoms with Gasteiger partial charge in [-0.2, -0.15) is 0 Å². The van der Waals surface area contributed by atoms with E-state index in [0.717, 1.165) is 12.0 Å². The lowest BCUT2D eigenvalue weighted by molar-refractivity contribution is -0.154. The molecule has 37 heavy (non-hydrogen) atoms. The molecule has 0 aliphatic carbocycles. The van der Waals surface area contributed by atoms with Gasteiger partial charge in [-0.25, -0.2) is 0 Å². The summed E-state index contributed by atoms with van der Waals surface area (Å²) in [5.74, 6) is -2.16. The third-order valence-corrected chi connectivity index (χ3v) is 10.1. The van der Waals surface area contributed by atoms with Gasteiger partial charge in [0.05, 0.1) is 33.9 Å². The first kappa shape index (κ1) is 26.3. The number of cyclic esters (lactones) is 1. The molecule has 5 atom stereocenters. The zero-order valence-electron chi connectivity index (χ0n) is 21.2. The maximum Gasteiger partial charge on any atom is 0.311 e. The fourth-order valence-corrected chi connectivity index (χ4v) is 8.94. The summed E-state index contributed by atoms with van der Waals surface area (Å²) in [4.78, 5) is 45.4. The second kappa shape index (κ2) is 10.1. The SMILES string of the molecule is Cc1cccc(Cl)c1N1CC=C[C@]23S[C@@]4(C)C=CCCOC(=O)[C@H]4[C@H]2C(=O)N(CCCCCO)C3C1=O. The second-order valence-corrected chi connectivity index (χ2v) is 12.6. The maximum absolute atomic E-state index is 14.5. The normalized spacial score (nSPS) is 33.0. The van der Waals surface area contributed by atoms with Gasteiger partial charge < -0.3 is 19.6 Å². The van der Waals surface area contributed by atoms with Crippen LogP contribution >= 0.6 is 23.4 Å². The predicted molar refractivity (Wildman–Crippen MR) is 145 cm³/mol. The van der Waals surface area contributed by atoms with Crippen LogP contribution in [0.5, 0.6) is 0 Å². The van der Waals surface area contributed by atoms with Gasteiger partial charge in [0.2, 0.25) is 5.91 Å². The number of amides is 2. The predicted octanol–water partition coefficient (Wildman–Crippen LogP) is 3.90. The minimum Gasteiger partial charge on any atom is -0.465 e. The van der Waals surface area contributed by atoms with E-state index >= 15 is 0 Å². The van der Waals surface area contributed by atoms with Crippen molar-refractivity contribution in [2.45, 2.75) is 55.1 Å². The summed E-state index contributed by atoms with van der Waals surface area (Å²) in [5.41, 5.74) is 1.52. The number of aryl methyl sites for hydroxylation is 1. The summed E-state index contributed by atoms with van der Waals surface area (Å²) in [7, 11) is 0. The molecule has 9 heteroatoms. The average molecular weight is 545 g/mol. The van der Waals surface area contributed by atoms with Gasteiger partial charge in [-0.1, -0.05) is 48.0 Å². The Bertz CT molecular complexity index is 1150. The number of hydrogen-bond acceptors (Lipinski definition) is 6. The molecule has 2 fully saturated rings. The van der Waals surface area contributed by atoms with Crippen LogP contribution in [0.1, 0.15) is 38.2 Å². The summed E-state index contributed by atoms with van der Waals surface area (Å²) in [6.45, 7) is 4.97. The summed E-state index contributed by atoms with van der Waals surface area (Å²) in [6, 6.07) is 4.75. The van der Waals surface area contributed by atoms with Gasteiger partial charge in [0.15, 0.2) is 0 Å². The van der Waals surface area contributed by atoms with Crippen molar-refractivity contribution in [3.05, 3.63) is 53.1 Å². The highest BCUT2D eigenvalue weighted by Gasteiger charge is 2.73. The number of thioether (sulfide) groups is 1. The number of fused-ring (bicyclic) bond motifs is 2. The number of hydrogen-bond donors (Lipinski definition) is 1. The molecule has 1 N–H and O–H groups in total. The van der Waals surface area contributed by atoms with Crippen LogP contribution in [0.3, 0.4) is 0 Å². The molecule has 0 bridgehead atoms. The lowest BCUT2D eigenvalue weighted by Crippen LogP contribution is -2.53. The zero-order chi connectivity index (χ0) is 26.4. The van der Waals surface area contributed by atoms with Crippen molar-refractivity contribution in [1.82, 2.24) is 4.90 Å². The number of benzene rings is 1. The van der Waals surface area contributed by atoms with Crippen molar-refractivity contribution >= 4 is 46.8 Å². The van der Waals surface area contributed by atoms with E-state index in [4.69, 9.17) is 16.3 Å². The summed E-state index contributed by atoms with van der Waals surface area (Å²) >= 11 is 8.14. The van der Waals surface area contributed by atoms with Gasteiger partial charge in [-0.15, -0.1) is 11.8 Å². The first-order chi connectivity index (χ1) is 17.7. The van der Waals surface area contributed by atoms with Crippen LogP contribution in [-0.4, -0.2) is 69.6 Å². The van der Waals surface area contributed by atoms with Crippen LogP contribution in [0.15, 0.2) is 42.5 Å². The number of esters is 1. The summed E-state index contributed by atoms with van der Waals surface area (Å²) in [5, 5.41) is 9.71. The number of likely N-dealkylation sites (tertiary alicyclic amines) is 1. The number of para-hydroxylation sites is 1. The Balaban J connectivity index is 1.62. The summed E-state index contributed by atoms with van der Waals surface area (Å²) in [6.07, 6.45) is 10.6. The minimum atomic E-state index is -0.915. The van der Waals surface area contributed by atoms with Gasteiger partial charge in [-0.05, 0) is 51.2 Å². The number of anilines is 1. The van der Waals surface area contributed by atoms with Crippen molar-refractivity contribution in [1.29, 1.82) is 0 Å². The van der Waals surface area contributed by atoms with E-state index in [1.54, 1.807) is 27.6 Å². The Labute approximate surface area is 226 Å². The van der Waals surface area contributed by atoms with E-state index in [-0.39, 0.29) is 31.0 Å². The molecular formula is C28H33ClN2O5S. The first-order valence-electron chi connectivity index (χ1n) is 13.0. The summed E-state index contributed by atoms with van der Waals surface area (Å²) < 4.78 is 3.99. The molecule has 1 aromatic rings. The monoisotopic (exact) mass is 544 g/mol. The minimum absolute atomic E-state index is 0.0830. The lowest BCUT2D eigenvalue weighted by atomic mass is 9.74. The average Bonchev–Trinajstić information content (AvgIpc) is 3.16. The third-order valence-electron chi connectivity index (χ3n) is 8.04. The molecule has 7 nitrogen and oxygen atoms in total. The van der Waals surface area contributed by atoms with Crippen molar-refractivity contribution in [3.8, 4) is 0 Å². The van der Waals surface area contributed by atoms with E-state index in [0.29, 0.717) is 43.1 Å². The fraction of sp³-hybridized carbons (Fsp3) is 0.536. The Kier molecular flexibility index (Phi) is 7.20. The molecule has 1 aromatic carbocycles. The fourth-order valence-electron chi connectivity index (χ4n) is 6.46. The first-order valence-corrected chi connectivity index (χ1v) is 14.1. The Morgan fingerprint density at radius 1 is 1.11 bits per heavy atom. The van der Waals surface area contributed by atoms with Crippen LogP contribution in [0, 0.1) is 18.8 Å². The van der Waals surface area contributed by atoms with Crippen molar-refractivity contribution in [2.24, 2.45) is 11.8 Å². The van der Waals surface area contributed by atoms with Crippen molar-refractivity contribution < 1.29 is 24.2 Å². The zero-order valence-corrected chi connectivity index (χ0v) is 22.8. The number of unbranched alkanes of at least 4 members (excludes halogenated alkanes) is 2. The molecule has 2 amide bonds. The quantitative estimate of drug-likeness (QED) is 0.332. The van der Waals surface area contributed by atoms with Crippen molar-refractivity contribution in [2.75, 3.05) is 31.2 Å². The van der Waals surface area contributed by atoms with E-state index in [1.165, 1.54) is 0 Å².